The number of rotatable bonds is 7. The summed E-state index contributed by atoms with van der Waals surface area (Å²) in [5.74, 6) is -0.304. The van der Waals surface area contributed by atoms with E-state index in [1.807, 2.05) is 0 Å². The average molecular weight is 350 g/mol. The fourth-order valence-electron chi connectivity index (χ4n) is 2.19. The molecular weight excluding hydrogens is 332 g/mol. The average Bonchev–Trinajstić information content (AvgIpc) is 2.98. The molecule has 0 bridgehead atoms. The molecule has 1 aromatic heterocycles. The number of nitrogens with zero attached hydrogens (tertiary/aromatic N) is 2. The predicted octanol–water partition coefficient (Wildman–Crippen LogP) is 2.20. The first-order valence-electron chi connectivity index (χ1n) is 7.07. The number of carboxylic acids is 1. The SMILES string of the molecule is COc1cc(CN(CC(=O)O)C(=O)c2scnc2C)cc(OC)c1. The van der Waals surface area contributed by atoms with E-state index in [-0.39, 0.29) is 12.5 Å². The van der Waals surface area contributed by atoms with Gasteiger partial charge in [0.15, 0.2) is 0 Å². The third-order valence-corrected chi connectivity index (χ3v) is 4.25. The van der Waals surface area contributed by atoms with Crippen LogP contribution in [0.4, 0.5) is 0 Å². The Morgan fingerprint density at radius 1 is 1.21 bits per heavy atom. The lowest BCUT2D eigenvalue weighted by Crippen LogP contribution is -2.35. The molecule has 0 saturated carbocycles. The van der Waals surface area contributed by atoms with Crippen LogP contribution >= 0.6 is 11.3 Å². The van der Waals surface area contributed by atoms with Gasteiger partial charge in [0.25, 0.3) is 5.91 Å². The largest absolute Gasteiger partial charge is 0.497 e. The van der Waals surface area contributed by atoms with Crippen LogP contribution in [0.25, 0.3) is 0 Å². The zero-order valence-electron chi connectivity index (χ0n) is 13.6. The number of carboxylic acid groups (broad SMARTS) is 1. The van der Waals surface area contributed by atoms with Gasteiger partial charge in [-0.05, 0) is 24.6 Å². The zero-order chi connectivity index (χ0) is 17.7. The minimum absolute atomic E-state index is 0.121. The highest BCUT2D eigenvalue weighted by molar-refractivity contribution is 7.11. The van der Waals surface area contributed by atoms with Crippen molar-refractivity contribution in [2.75, 3.05) is 20.8 Å². The zero-order valence-corrected chi connectivity index (χ0v) is 14.4. The van der Waals surface area contributed by atoms with Gasteiger partial charge in [-0.15, -0.1) is 11.3 Å². The van der Waals surface area contributed by atoms with E-state index in [1.165, 1.54) is 30.5 Å². The molecule has 0 aliphatic carbocycles. The van der Waals surface area contributed by atoms with Gasteiger partial charge in [-0.1, -0.05) is 0 Å². The van der Waals surface area contributed by atoms with Gasteiger partial charge < -0.3 is 19.5 Å². The van der Waals surface area contributed by atoms with Gasteiger partial charge in [0, 0.05) is 12.6 Å². The molecule has 0 spiro atoms. The maximum atomic E-state index is 12.6. The van der Waals surface area contributed by atoms with E-state index in [1.54, 1.807) is 30.6 Å². The molecule has 0 atom stereocenters. The second-order valence-electron chi connectivity index (χ2n) is 5.04. The lowest BCUT2D eigenvalue weighted by atomic mass is 10.1. The Morgan fingerprint density at radius 3 is 2.29 bits per heavy atom. The summed E-state index contributed by atoms with van der Waals surface area (Å²) in [6.07, 6.45) is 0. The highest BCUT2D eigenvalue weighted by Gasteiger charge is 2.22. The highest BCUT2D eigenvalue weighted by atomic mass is 32.1. The number of carbonyl (C=O) groups is 2. The summed E-state index contributed by atoms with van der Waals surface area (Å²) < 4.78 is 10.4. The minimum Gasteiger partial charge on any atom is -0.497 e. The quantitative estimate of drug-likeness (QED) is 0.823. The molecule has 0 unspecified atom stereocenters. The topological polar surface area (TPSA) is 89.0 Å². The second-order valence-corrected chi connectivity index (χ2v) is 5.90. The first-order valence-corrected chi connectivity index (χ1v) is 7.95. The van der Waals surface area contributed by atoms with E-state index in [0.29, 0.717) is 27.6 Å². The predicted molar refractivity (Wildman–Crippen MR) is 88.8 cm³/mol. The third-order valence-electron chi connectivity index (χ3n) is 3.34. The minimum atomic E-state index is -1.08. The molecule has 128 valence electrons. The number of amides is 1. The van der Waals surface area contributed by atoms with E-state index in [4.69, 9.17) is 14.6 Å². The van der Waals surface area contributed by atoms with Gasteiger partial charge in [0.1, 0.15) is 22.9 Å². The molecule has 2 rings (SSSR count). The molecule has 0 saturated heterocycles. The number of carbonyl (C=O) groups excluding carboxylic acids is 1. The molecule has 24 heavy (non-hydrogen) atoms. The van der Waals surface area contributed by atoms with Gasteiger partial charge in [-0.3, -0.25) is 9.59 Å². The van der Waals surface area contributed by atoms with E-state index in [2.05, 4.69) is 4.98 Å². The lowest BCUT2D eigenvalue weighted by Gasteiger charge is -2.21. The molecule has 1 N–H and O–H groups in total. The second kappa shape index (κ2) is 7.78. The van der Waals surface area contributed by atoms with Gasteiger partial charge in [0.2, 0.25) is 0 Å². The van der Waals surface area contributed by atoms with E-state index in [9.17, 15) is 9.59 Å². The van der Waals surface area contributed by atoms with E-state index >= 15 is 0 Å². The van der Waals surface area contributed by atoms with Crippen molar-refractivity contribution in [3.8, 4) is 11.5 Å². The molecule has 7 nitrogen and oxygen atoms in total. The van der Waals surface area contributed by atoms with Crippen molar-refractivity contribution in [3.63, 3.8) is 0 Å². The molecular formula is C16H18N2O5S. The van der Waals surface area contributed by atoms with Gasteiger partial charge >= 0.3 is 5.97 Å². The number of thiazole rings is 1. The summed E-state index contributed by atoms with van der Waals surface area (Å²) in [4.78, 5) is 29.5. The normalized spacial score (nSPS) is 10.3. The summed E-state index contributed by atoms with van der Waals surface area (Å²) in [7, 11) is 3.05. The van der Waals surface area contributed by atoms with Crippen LogP contribution in [0.1, 0.15) is 20.9 Å². The molecule has 0 aliphatic heterocycles. The highest BCUT2D eigenvalue weighted by Crippen LogP contribution is 2.24. The smallest absolute Gasteiger partial charge is 0.323 e. The van der Waals surface area contributed by atoms with Crippen molar-refractivity contribution in [2.24, 2.45) is 0 Å². The van der Waals surface area contributed by atoms with Crippen LogP contribution in [-0.2, 0) is 11.3 Å². The van der Waals surface area contributed by atoms with Crippen LogP contribution < -0.4 is 9.47 Å². The summed E-state index contributed by atoms with van der Waals surface area (Å²) in [6.45, 7) is 1.43. The molecule has 0 aliphatic rings. The Hall–Kier alpha value is -2.61. The van der Waals surface area contributed by atoms with Crippen molar-refractivity contribution >= 4 is 23.2 Å². The summed E-state index contributed by atoms with van der Waals surface area (Å²) in [6, 6.07) is 5.19. The van der Waals surface area contributed by atoms with Gasteiger partial charge in [-0.2, -0.15) is 0 Å². The van der Waals surface area contributed by atoms with Crippen LogP contribution in [0.2, 0.25) is 0 Å². The van der Waals surface area contributed by atoms with Crippen LogP contribution in [0.3, 0.4) is 0 Å². The van der Waals surface area contributed by atoms with Crippen LogP contribution in [0.5, 0.6) is 11.5 Å². The maximum absolute atomic E-state index is 12.6. The van der Waals surface area contributed by atoms with Crippen LogP contribution in [0, 0.1) is 6.92 Å². The molecule has 2 aromatic rings. The lowest BCUT2D eigenvalue weighted by molar-refractivity contribution is -0.137. The molecule has 1 amide bonds. The first kappa shape index (κ1) is 17.7. The fourth-order valence-corrected chi connectivity index (χ4v) is 2.96. The Labute approximate surface area is 143 Å². The number of ether oxygens (including phenoxy) is 2. The Morgan fingerprint density at radius 2 is 1.83 bits per heavy atom. The van der Waals surface area contributed by atoms with Crippen LogP contribution in [0.15, 0.2) is 23.7 Å². The molecule has 0 fully saturated rings. The number of benzene rings is 1. The van der Waals surface area contributed by atoms with Crippen molar-refractivity contribution < 1.29 is 24.2 Å². The van der Waals surface area contributed by atoms with Crippen LogP contribution in [-0.4, -0.2) is 47.6 Å². The molecule has 8 heteroatoms. The van der Waals surface area contributed by atoms with Gasteiger partial charge in [0.05, 0.1) is 25.4 Å². The standard InChI is InChI=1S/C16H18N2O5S/c1-10-15(24-9-17-10)16(21)18(8-14(19)20)7-11-4-12(22-2)6-13(5-11)23-3/h4-6,9H,7-8H2,1-3H3,(H,19,20). The Balaban J connectivity index is 2.31. The molecule has 0 radical (unpaired) electrons. The number of aromatic nitrogens is 1. The van der Waals surface area contributed by atoms with Gasteiger partial charge in [-0.25, -0.2) is 4.98 Å². The number of hydrogen-bond donors (Lipinski definition) is 1. The van der Waals surface area contributed by atoms with Crippen molar-refractivity contribution in [3.05, 3.63) is 39.8 Å². The summed E-state index contributed by atoms with van der Waals surface area (Å²) >= 11 is 1.19. The Kier molecular flexibility index (Phi) is 5.75. The Bertz CT molecular complexity index is 722. The first-order chi connectivity index (χ1) is 11.4. The third kappa shape index (κ3) is 4.23. The number of aliphatic carboxylic acids is 1. The summed E-state index contributed by atoms with van der Waals surface area (Å²) in [5.41, 5.74) is 2.86. The van der Waals surface area contributed by atoms with Crippen molar-refractivity contribution in [1.29, 1.82) is 0 Å². The van der Waals surface area contributed by atoms with E-state index < -0.39 is 12.5 Å². The van der Waals surface area contributed by atoms with Crippen molar-refractivity contribution in [2.45, 2.75) is 13.5 Å². The monoisotopic (exact) mass is 350 g/mol. The number of hydrogen-bond acceptors (Lipinski definition) is 6. The van der Waals surface area contributed by atoms with E-state index in [0.717, 1.165) is 0 Å². The van der Waals surface area contributed by atoms with Crippen molar-refractivity contribution in [1.82, 2.24) is 9.88 Å². The number of methoxy groups -OCH3 is 2. The number of aryl methyl sites for hydroxylation is 1. The molecule has 1 aromatic carbocycles. The maximum Gasteiger partial charge on any atom is 0.323 e. The molecule has 1 heterocycles. The fraction of sp³-hybridized carbons (Fsp3) is 0.312. The summed E-state index contributed by atoms with van der Waals surface area (Å²) in [5, 5.41) is 9.12.